The quantitative estimate of drug-likeness (QED) is 0.455. The van der Waals surface area contributed by atoms with Crippen LogP contribution in [-0.2, 0) is 16.0 Å². The van der Waals surface area contributed by atoms with Gasteiger partial charge in [-0.25, -0.2) is 4.79 Å². The SMILES string of the molecule is CCOc1ccc(C(=O)N=c2sc3cc(C(=O)OC)ccc3n2CCOC)cc1OCC. The minimum Gasteiger partial charge on any atom is -0.490 e. The lowest BCUT2D eigenvalue weighted by molar-refractivity contribution is 0.0600. The molecule has 32 heavy (non-hydrogen) atoms. The van der Waals surface area contributed by atoms with Crippen LogP contribution in [0.3, 0.4) is 0 Å². The van der Waals surface area contributed by atoms with Gasteiger partial charge in [0.2, 0.25) is 0 Å². The van der Waals surface area contributed by atoms with Crippen LogP contribution in [0.25, 0.3) is 10.2 Å². The highest BCUT2D eigenvalue weighted by molar-refractivity contribution is 7.16. The molecule has 2 aromatic carbocycles. The number of carbonyl (C=O) groups is 2. The van der Waals surface area contributed by atoms with E-state index in [0.29, 0.717) is 53.8 Å². The van der Waals surface area contributed by atoms with Crippen molar-refractivity contribution in [2.45, 2.75) is 20.4 Å². The van der Waals surface area contributed by atoms with E-state index in [-0.39, 0.29) is 0 Å². The van der Waals surface area contributed by atoms with Gasteiger partial charge in [0.1, 0.15) is 0 Å². The number of methoxy groups -OCH3 is 2. The zero-order valence-electron chi connectivity index (χ0n) is 18.5. The van der Waals surface area contributed by atoms with Crippen molar-refractivity contribution >= 4 is 33.4 Å². The standard InChI is InChI=1S/C23H26N2O6S/c1-5-30-18-10-8-15(13-19(18)31-6-2)21(26)24-23-25(11-12-28-3)17-9-7-16(22(27)29-4)14-20(17)32-23/h7-10,13-14H,5-6,11-12H2,1-4H3. The summed E-state index contributed by atoms with van der Waals surface area (Å²) >= 11 is 1.32. The summed E-state index contributed by atoms with van der Waals surface area (Å²) in [5, 5.41) is 0. The Balaban J connectivity index is 2.06. The molecule has 0 bridgehead atoms. The first-order valence-corrected chi connectivity index (χ1v) is 11.0. The lowest BCUT2D eigenvalue weighted by atomic mass is 10.2. The van der Waals surface area contributed by atoms with E-state index < -0.39 is 11.9 Å². The summed E-state index contributed by atoms with van der Waals surface area (Å²) in [5.41, 5.74) is 1.68. The van der Waals surface area contributed by atoms with Crippen molar-refractivity contribution in [1.29, 1.82) is 0 Å². The number of nitrogens with zero attached hydrogens (tertiary/aromatic N) is 2. The number of esters is 1. The second-order valence-corrected chi connectivity index (χ2v) is 7.66. The molecule has 1 heterocycles. The van der Waals surface area contributed by atoms with Crippen LogP contribution in [0.4, 0.5) is 0 Å². The van der Waals surface area contributed by atoms with Gasteiger partial charge in [0, 0.05) is 19.2 Å². The number of hydrogen-bond acceptors (Lipinski definition) is 7. The van der Waals surface area contributed by atoms with Gasteiger partial charge in [0.15, 0.2) is 16.3 Å². The van der Waals surface area contributed by atoms with E-state index in [1.54, 1.807) is 37.4 Å². The van der Waals surface area contributed by atoms with Gasteiger partial charge in [-0.15, -0.1) is 0 Å². The fourth-order valence-electron chi connectivity index (χ4n) is 3.14. The van der Waals surface area contributed by atoms with Crippen molar-refractivity contribution in [2.75, 3.05) is 34.0 Å². The topological polar surface area (TPSA) is 88.3 Å². The van der Waals surface area contributed by atoms with Gasteiger partial charge in [0.25, 0.3) is 5.91 Å². The lowest BCUT2D eigenvalue weighted by Gasteiger charge is -2.11. The molecular weight excluding hydrogens is 432 g/mol. The number of fused-ring (bicyclic) bond motifs is 1. The highest BCUT2D eigenvalue weighted by Crippen LogP contribution is 2.29. The van der Waals surface area contributed by atoms with Crippen LogP contribution in [0.1, 0.15) is 34.6 Å². The van der Waals surface area contributed by atoms with Crippen LogP contribution >= 0.6 is 11.3 Å². The van der Waals surface area contributed by atoms with Crippen LogP contribution in [0, 0.1) is 0 Å². The van der Waals surface area contributed by atoms with Gasteiger partial charge in [0.05, 0.1) is 42.7 Å². The first-order valence-electron chi connectivity index (χ1n) is 10.2. The maximum atomic E-state index is 13.0. The number of benzene rings is 2. The Labute approximate surface area is 190 Å². The molecular formula is C23H26N2O6S. The lowest BCUT2D eigenvalue weighted by Crippen LogP contribution is -2.19. The summed E-state index contributed by atoms with van der Waals surface area (Å²) in [6.07, 6.45) is 0. The Morgan fingerprint density at radius 1 is 0.969 bits per heavy atom. The van der Waals surface area contributed by atoms with Crippen LogP contribution in [0.5, 0.6) is 11.5 Å². The Hall–Kier alpha value is -3.17. The third kappa shape index (κ3) is 5.17. The van der Waals surface area contributed by atoms with E-state index in [1.165, 1.54) is 18.4 Å². The monoisotopic (exact) mass is 458 g/mol. The van der Waals surface area contributed by atoms with Crippen molar-refractivity contribution in [3.05, 3.63) is 52.3 Å². The van der Waals surface area contributed by atoms with Crippen LogP contribution < -0.4 is 14.3 Å². The molecule has 0 aliphatic heterocycles. The molecule has 0 atom stereocenters. The summed E-state index contributed by atoms with van der Waals surface area (Å²) in [4.78, 5) is 29.8. The molecule has 0 spiro atoms. The Morgan fingerprint density at radius 3 is 2.38 bits per heavy atom. The van der Waals surface area contributed by atoms with E-state index >= 15 is 0 Å². The fourth-order valence-corrected chi connectivity index (χ4v) is 4.23. The van der Waals surface area contributed by atoms with Crippen molar-refractivity contribution in [1.82, 2.24) is 4.57 Å². The maximum Gasteiger partial charge on any atom is 0.337 e. The average Bonchev–Trinajstić information content (AvgIpc) is 3.14. The number of carbonyl (C=O) groups excluding carboxylic acids is 2. The predicted octanol–water partition coefficient (Wildman–Crippen LogP) is 3.67. The fraction of sp³-hybridized carbons (Fsp3) is 0.348. The number of amides is 1. The minimum absolute atomic E-state index is 0.392. The van der Waals surface area contributed by atoms with Crippen molar-refractivity contribution in [3.8, 4) is 11.5 Å². The Morgan fingerprint density at radius 2 is 1.69 bits per heavy atom. The molecule has 0 aliphatic rings. The van der Waals surface area contributed by atoms with E-state index in [0.717, 1.165) is 10.2 Å². The number of thiazole rings is 1. The van der Waals surface area contributed by atoms with Crippen LogP contribution in [-0.4, -0.2) is 50.5 Å². The van der Waals surface area contributed by atoms with E-state index in [2.05, 4.69) is 4.99 Å². The van der Waals surface area contributed by atoms with Crippen molar-refractivity contribution in [3.63, 3.8) is 0 Å². The highest BCUT2D eigenvalue weighted by Gasteiger charge is 2.14. The van der Waals surface area contributed by atoms with Crippen molar-refractivity contribution < 1.29 is 28.5 Å². The largest absolute Gasteiger partial charge is 0.490 e. The molecule has 0 unspecified atom stereocenters. The zero-order chi connectivity index (χ0) is 23.1. The number of aromatic nitrogens is 1. The number of rotatable bonds is 9. The molecule has 0 fully saturated rings. The summed E-state index contributed by atoms with van der Waals surface area (Å²) in [5.74, 6) is 0.260. The van der Waals surface area contributed by atoms with Gasteiger partial charge in [-0.2, -0.15) is 4.99 Å². The Kier molecular flexibility index (Phi) is 8.02. The third-order valence-electron chi connectivity index (χ3n) is 4.61. The first kappa shape index (κ1) is 23.5. The van der Waals surface area contributed by atoms with Crippen LogP contribution in [0.15, 0.2) is 41.4 Å². The van der Waals surface area contributed by atoms with Crippen LogP contribution in [0.2, 0.25) is 0 Å². The Bertz CT molecular complexity index is 1180. The molecule has 0 N–H and O–H groups in total. The highest BCUT2D eigenvalue weighted by atomic mass is 32.1. The zero-order valence-corrected chi connectivity index (χ0v) is 19.4. The van der Waals surface area contributed by atoms with Crippen molar-refractivity contribution in [2.24, 2.45) is 4.99 Å². The summed E-state index contributed by atoms with van der Waals surface area (Å²) in [7, 11) is 2.95. The number of hydrogen-bond donors (Lipinski definition) is 0. The molecule has 8 nitrogen and oxygen atoms in total. The molecule has 3 aromatic rings. The molecule has 9 heteroatoms. The molecule has 170 valence electrons. The maximum absolute atomic E-state index is 13.0. The smallest absolute Gasteiger partial charge is 0.337 e. The first-order chi connectivity index (χ1) is 15.5. The molecule has 0 radical (unpaired) electrons. The van der Waals surface area contributed by atoms with Gasteiger partial charge in [-0.1, -0.05) is 11.3 Å². The van der Waals surface area contributed by atoms with Gasteiger partial charge in [-0.3, -0.25) is 4.79 Å². The second kappa shape index (κ2) is 10.9. The van der Waals surface area contributed by atoms with E-state index in [1.807, 2.05) is 24.5 Å². The second-order valence-electron chi connectivity index (χ2n) is 6.65. The molecule has 1 aromatic heterocycles. The van der Waals surface area contributed by atoms with E-state index in [9.17, 15) is 9.59 Å². The minimum atomic E-state index is -0.420. The average molecular weight is 459 g/mol. The molecule has 0 saturated heterocycles. The molecule has 3 rings (SSSR count). The normalized spacial score (nSPS) is 11.6. The summed E-state index contributed by atoms with van der Waals surface area (Å²) in [6.45, 7) is 5.65. The predicted molar refractivity (Wildman–Crippen MR) is 122 cm³/mol. The van der Waals surface area contributed by atoms with Gasteiger partial charge < -0.3 is 23.5 Å². The van der Waals surface area contributed by atoms with E-state index in [4.69, 9.17) is 18.9 Å². The van der Waals surface area contributed by atoms with Gasteiger partial charge in [-0.05, 0) is 50.2 Å². The third-order valence-corrected chi connectivity index (χ3v) is 5.65. The van der Waals surface area contributed by atoms with Gasteiger partial charge >= 0.3 is 5.97 Å². The molecule has 1 amide bonds. The summed E-state index contributed by atoms with van der Waals surface area (Å²) in [6, 6.07) is 10.3. The molecule has 0 aliphatic carbocycles. The molecule has 0 saturated carbocycles. The summed E-state index contributed by atoms with van der Waals surface area (Å²) < 4.78 is 23.9. The number of ether oxygens (including phenoxy) is 4.